The third kappa shape index (κ3) is 5.47. The van der Waals surface area contributed by atoms with Crippen LogP contribution in [0.4, 0.5) is 0 Å². The molecule has 2 N–H and O–H groups in total. The molecule has 0 unspecified atom stereocenters. The van der Waals surface area contributed by atoms with Crippen molar-refractivity contribution in [3.05, 3.63) is 54.1 Å². The molecule has 25 heavy (non-hydrogen) atoms. The van der Waals surface area contributed by atoms with Gasteiger partial charge in [-0.15, -0.1) is 0 Å². The van der Waals surface area contributed by atoms with Gasteiger partial charge in [0.15, 0.2) is 6.61 Å². The average molecular weight is 365 g/mol. The van der Waals surface area contributed by atoms with Crippen molar-refractivity contribution in [1.29, 1.82) is 0 Å². The molecule has 0 saturated heterocycles. The highest BCUT2D eigenvalue weighted by Gasteiger charge is 2.14. The Kier molecular flexibility index (Phi) is 6.37. The fourth-order valence-electron chi connectivity index (χ4n) is 2.15. The summed E-state index contributed by atoms with van der Waals surface area (Å²) in [6.45, 7) is -0.295. The normalized spacial score (nSPS) is 11.1. The highest BCUT2D eigenvalue weighted by atomic mass is 32.2. The van der Waals surface area contributed by atoms with E-state index in [1.165, 1.54) is 19.2 Å². The van der Waals surface area contributed by atoms with Gasteiger partial charge in [-0.1, -0.05) is 18.2 Å². The van der Waals surface area contributed by atoms with Gasteiger partial charge in [0, 0.05) is 6.54 Å². The van der Waals surface area contributed by atoms with Gasteiger partial charge in [-0.25, -0.2) is 17.9 Å². The molecule has 0 saturated carbocycles. The summed E-state index contributed by atoms with van der Waals surface area (Å²) in [5, 5.41) is 8.69. The van der Waals surface area contributed by atoms with Crippen LogP contribution in [0.25, 0.3) is 0 Å². The van der Waals surface area contributed by atoms with Crippen molar-refractivity contribution in [1.82, 2.24) is 4.72 Å². The number of carboxylic acids is 1. The Morgan fingerprint density at radius 2 is 1.80 bits per heavy atom. The molecule has 0 heterocycles. The maximum atomic E-state index is 12.3. The Hall–Kier alpha value is -2.58. The molecule has 0 aliphatic carbocycles. The summed E-state index contributed by atoms with van der Waals surface area (Å²) in [5.41, 5.74) is 0.723. The molecule has 0 bridgehead atoms. The van der Waals surface area contributed by atoms with Crippen LogP contribution in [0.15, 0.2) is 53.4 Å². The van der Waals surface area contributed by atoms with E-state index in [1.54, 1.807) is 36.4 Å². The topological polar surface area (TPSA) is 102 Å². The largest absolute Gasteiger partial charge is 0.497 e. The minimum absolute atomic E-state index is 0.142. The number of hydrogen-bond acceptors (Lipinski definition) is 5. The van der Waals surface area contributed by atoms with Gasteiger partial charge >= 0.3 is 5.97 Å². The molecule has 0 atom stereocenters. The number of ether oxygens (including phenoxy) is 2. The molecule has 0 fully saturated rings. The third-order valence-corrected chi connectivity index (χ3v) is 4.86. The van der Waals surface area contributed by atoms with Crippen LogP contribution in [0, 0.1) is 0 Å². The van der Waals surface area contributed by atoms with Crippen molar-refractivity contribution in [2.75, 3.05) is 20.3 Å². The monoisotopic (exact) mass is 365 g/mol. The zero-order valence-corrected chi connectivity index (χ0v) is 14.5. The number of sulfonamides is 1. The van der Waals surface area contributed by atoms with Gasteiger partial charge in [-0.3, -0.25) is 0 Å². The Morgan fingerprint density at radius 3 is 2.44 bits per heavy atom. The number of aliphatic carboxylic acids is 1. The first-order chi connectivity index (χ1) is 11.9. The average Bonchev–Trinajstić information content (AvgIpc) is 2.60. The van der Waals surface area contributed by atoms with Crippen LogP contribution < -0.4 is 14.2 Å². The second kappa shape index (κ2) is 8.50. The first kappa shape index (κ1) is 18.8. The minimum Gasteiger partial charge on any atom is -0.497 e. The molecule has 0 aliphatic heterocycles. The standard InChI is InChI=1S/C17H19NO6S/c1-23-14-6-8-15(9-7-14)25(21,22)18-11-10-13-4-2-3-5-16(13)24-12-17(19)20/h2-9,18H,10-12H2,1H3,(H,19,20). The van der Waals surface area contributed by atoms with Crippen LogP contribution >= 0.6 is 0 Å². The zero-order valence-electron chi connectivity index (χ0n) is 13.6. The SMILES string of the molecule is COc1ccc(S(=O)(=O)NCCc2ccccc2OCC(=O)O)cc1. The molecule has 2 aromatic rings. The minimum atomic E-state index is -3.63. The molecule has 2 aromatic carbocycles. The molecular weight excluding hydrogens is 346 g/mol. The van der Waals surface area contributed by atoms with Crippen molar-refractivity contribution in [2.24, 2.45) is 0 Å². The van der Waals surface area contributed by atoms with Crippen molar-refractivity contribution in [2.45, 2.75) is 11.3 Å². The Balaban J connectivity index is 1.98. The maximum Gasteiger partial charge on any atom is 0.341 e. The van der Waals surface area contributed by atoms with Gasteiger partial charge in [0.25, 0.3) is 0 Å². The fraction of sp³-hybridized carbons (Fsp3) is 0.235. The molecule has 7 nitrogen and oxygen atoms in total. The summed E-state index contributed by atoms with van der Waals surface area (Å²) in [6, 6.07) is 13.0. The van der Waals surface area contributed by atoms with E-state index in [9.17, 15) is 13.2 Å². The number of rotatable bonds is 9. The number of carboxylic acid groups (broad SMARTS) is 1. The molecule has 134 valence electrons. The maximum absolute atomic E-state index is 12.3. The van der Waals surface area contributed by atoms with Crippen LogP contribution in [0.5, 0.6) is 11.5 Å². The van der Waals surface area contributed by atoms with E-state index >= 15 is 0 Å². The van der Waals surface area contributed by atoms with E-state index < -0.39 is 22.6 Å². The predicted octanol–water partition coefficient (Wildman–Crippen LogP) is 1.68. The van der Waals surface area contributed by atoms with Crippen LogP contribution in [-0.4, -0.2) is 39.8 Å². The lowest BCUT2D eigenvalue weighted by Gasteiger charge is -2.11. The number of carbonyl (C=O) groups is 1. The molecule has 0 spiro atoms. The molecular formula is C17H19NO6S. The van der Waals surface area contributed by atoms with Crippen molar-refractivity contribution in [3.8, 4) is 11.5 Å². The summed E-state index contributed by atoms with van der Waals surface area (Å²) in [6.07, 6.45) is 0.366. The van der Waals surface area contributed by atoms with Crippen LogP contribution in [0.3, 0.4) is 0 Å². The lowest BCUT2D eigenvalue weighted by Crippen LogP contribution is -2.26. The molecule has 0 aromatic heterocycles. The second-order valence-electron chi connectivity index (χ2n) is 5.11. The second-order valence-corrected chi connectivity index (χ2v) is 6.88. The predicted molar refractivity (Wildman–Crippen MR) is 91.5 cm³/mol. The highest BCUT2D eigenvalue weighted by Crippen LogP contribution is 2.19. The van der Waals surface area contributed by atoms with E-state index in [2.05, 4.69) is 4.72 Å². The summed E-state index contributed by atoms with van der Waals surface area (Å²) in [5.74, 6) is -0.0768. The van der Waals surface area contributed by atoms with Gasteiger partial charge < -0.3 is 14.6 Å². The lowest BCUT2D eigenvalue weighted by atomic mass is 10.1. The Morgan fingerprint density at radius 1 is 1.12 bits per heavy atom. The smallest absolute Gasteiger partial charge is 0.341 e. The van der Waals surface area contributed by atoms with Gasteiger partial charge in [0.1, 0.15) is 11.5 Å². The first-order valence-corrected chi connectivity index (χ1v) is 8.97. The quantitative estimate of drug-likeness (QED) is 0.701. The van der Waals surface area contributed by atoms with Crippen molar-refractivity contribution >= 4 is 16.0 Å². The Bertz CT molecular complexity index is 817. The van der Waals surface area contributed by atoms with Crippen LogP contribution in [0.1, 0.15) is 5.56 Å². The van der Waals surface area contributed by atoms with Gasteiger partial charge in [-0.2, -0.15) is 0 Å². The number of hydrogen-bond donors (Lipinski definition) is 2. The molecule has 8 heteroatoms. The van der Waals surface area contributed by atoms with E-state index in [1.807, 2.05) is 0 Å². The van der Waals surface area contributed by atoms with E-state index in [-0.39, 0.29) is 11.4 Å². The zero-order chi connectivity index (χ0) is 18.3. The lowest BCUT2D eigenvalue weighted by molar-refractivity contribution is -0.139. The van der Waals surface area contributed by atoms with E-state index in [0.717, 1.165) is 5.56 Å². The summed E-state index contributed by atoms with van der Waals surface area (Å²) >= 11 is 0. The number of methoxy groups -OCH3 is 1. The van der Waals surface area contributed by atoms with Crippen LogP contribution in [0.2, 0.25) is 0 Å². The van der Waals surface area contributed by atoms with Gasteiger partial charge in [-0.05, 0) is 42.3 Å². The fourth-order valence-corrected chi connectivity index (χ4v) is 3.18. The highest BCUT2D eigenvalue weighted by molar-refractivity contribution is 7.89. The molecule has 0 amide bonds. The van der Waals surface area contributed by atoms with Crippen molar-refractivity contribution in [3.63, 3.8) is 0 Å². The summed E-state index contributed by atoms with van der Waals surface area (Å²) in [4.78, 5) is 10.7. The van der Waals surface area contributed by atoms with E-state index in [0.29, 0.717) is 17.9 Å². The molecule has 0 aliphatic rings. The number of benzene rings is 2. The first-order valence-electron chi connectivity index (χ1n) is 7.48. The van der Waals surface area contributed by atoms with Crippen molar-refractivity contribution < 1.29 is 27.8 Å². The number of nitrogens with one attached hydrogen (secondary N) is 1. The van der Waals surface area contributed by atoms with Crippen LogP contribution in [-0.2, 0) is 21.2 Å². The summed E-state index contributed by atoms with van der Waals surface area (Å²) in [7, 11) is -2.13. The van der Waals surface area contributed by atoms with Gasteiger partial charge in [0.05, 0.1) is 12.0 Å². The molecule has 2 rings (SSSR count). The Labute approximate surface area is 146 Å². The molecule has 0 radical (unpaired) electrons. The summed E-state index contributed by atoms with van der Waals surface area (Å²) < 4.78 is 37.2. The third-order valence-electron chi connectivity index (χ3n) is 3.38. The van der Waals surface area contributed by atoms with Gasteiger partial charge in [0.2, 0.25) is 10.0 Å². The van der Waals surface area contributed by atoms with E-state index in [4.69, 9.17) is 14.6 Å². The number of para-hydroxylation sites is 1.